The van der Waals surface area contributed by atoms with E-state index in [0.29, 0.717) is 24.0 Å². The van der Waals surface area contributed by atoms with Gasteiger partial charge in [0.15, 0.2) is 0 Å². The fourth-order valence-corrected chi connectivity index (χ4v) is 3.04. The van der Waals surface area contributed by atoms with Gasteiger partial charge in [0, 0.05) is 11.1 Å². The van der Waals surface area contributed by atoms with Crippen molar-refractivity contribution in [1.29, 1.82) is 0 Å². The molecule has 23 heavy (non-hydrogen) atoms. The molecule has 0 aromatic heterocycles. The quantitative estimate of drug-likeness (QED) is 0.895. The number of carbonyl (C=O) groups excluding carboxylic acids is 1. The first-order valence-electron chi connectivity index (χ1n) is 7.02. The second-order valence-corrected chi connectivity index (χ2v) is 7.15. The van der Waals surface area contributed by atoms with Crippen molar-refractivity contribution < 1.29 is 17.6 Å². The first-order chi connectivity index (χ1) is 10.8. The van der Waals surface area contributed by atoms with Crippen molar-refractivity contribution >= 4 is 15.9 Å². The van der Waals surface area contributed by atoms with Gasteiger partial charge in [0.2, 0.25) is 10.0 Å². The van der Waals surface area contributed by atoms with Crippen LogP contribution in [0.1, 0.15) is 28.8 Å². The lowest BCUT2D eigenvalue weighted by Crippen LogP contribution is -2.35. The number of benzene rings is 2. The number of hydrogen-bond donors (Lipinski definition) is 2. The number of hydrogen-bond acceptors (Lipinski definition) is 3. The fraction of sp³-hybridized carbons (Fsp3) is 0.188. The Labute approximate surface area is 133 Å². The van der Waals surface area contributed by atoms with Gasteiger partial charge in [-0.05, 0) is 43.2 Å². The molecule has 0 aliphatic heterocycles. The minimum Gasteiger partial charge on any atom is -0.342 e. The van der Waals surface area contributed by atoms with Crippen LogP contribution >= 0.6 is 0 Å². The second-order valence-electron chi connectivity index (χ2n) is 5.59. The van der Waals surface area contributed by atoms with Gasteiger partial charge in [-0.1, -0.05) is 18.2 Å². The Bertz CT molecular complexity index is 859. The summed E-state index contributed by atoms with van der Waals surface area (Å²) in [5.41, 5.74) is 0.0793. The van der Waals surface area contributed by atoms with E-state index in [4.69, 9.17) is 5.14 Å². The molecule has 1 aliphatic carbocycles. The second kappa shape index (κ2) is 5.43. The molecule has 2 aromatic rings. The molecule has 3 N–H and O–H groups in total. The maximum atomic E-state index is 13.9. The molecule has 1 amide bonds. The molecule has 1 fully saturated rings. The lowest BCUT2D eigenvalue weighted by Gasteiger charge is -2.18. The Morgan fingerprint density at radius 1 is 1.09 bits per heavy atom. The van der Waals surface area contributed by atoms with E-state index in [1.165, 1.54) is 30.3 Å². The zero-order valence-corrected chi connectivity index (χ0v) is 12.9. The van der Waals surface area contributed by atoms with Gasteiger partial charge in [-0.2, -0.15) is 0 Å². The number of halogens is 1. The molecule has 1 saturated carbocycles. The molecule has 0 bridgehead atoms. The average molecular weight is 334 g/mol. The van der Waals surface area contributed by atoms with Gasteiger partial charge in [-0.25, -0.2) is 17.9 Å². The smallest absolute Gasteiger partial charge is 0.251 e. The number of sulfonamides is 1. The highest BCUT2D eigenvalue weighted by atomic mass is 32.2. The third kappa shape index (κ3) is 3.11. The SMILES string of the molecule is NS(=O)(=O)c1ccc(C(=O)NC2(c3ccccc3F)CC2)cc1. The van der Waals surface area contributed by atoms with E-state index < -0.39 is 15.6 Å². The lowest BCUT2D eigenvalue weighted by molar-refractivity contribution is 0.0930. The van der Waals surface area contributed by atoms with Crippen molar-refractivity contribution in [3.05, 3.63) is 65.5 Å². The first-order valence-corrected chi connectivity index (χ1v) is 8.57. The summed E-state index contributed by atoms with van der Waals surface area (Å²) in [4.78, 5) is 12.3. The molecule has 120 valence electrons. The van der Waals surface area contributed by atoms with Crippen LogP contribution in [0, 0.1) is 5.82 Å². The van der Waals surface area contributed by atoms with Gasteiger partial charge in [0.05, 0.1) is 10.4 Å². The highest BCUT2D eigenvalue weighted by molar-refractivity contribution is 7.89. The van der Waals surface area contributed by atoms with Crippen molar-refractivity contribution in [1.82, 2.24) is 5.32 Å². The standard InChI is InChI=1S/C16H15FN2O3S/c17-14-4-2-1-3-13(14)16(9-10-16)19-15(20)11-5-7-12(8-6-11)23(18,21)22/h1-8H,9-10H2,(H,19,20)(H2,18,21,22). The molecule has 5 nitrogen and oxygen atoms in total. The summed E-state index contributed by atoms with van der Waals surface area (Å²) in [7, 11) is -3.80. The normalized spacial score (nSPS) is 15.9. The minimum absolute atomic E-state index is 0.0655. The Morgan fingerprint density at radius 2 is 1.70 bits per heavy atom. The van der Waals surface area contributed by atoms with E-state index >= 15 is 0 Å². The van der Waals surface area contributed by atoms with Crippen molar-refractivity contribution in [3.8, 4) is 0 Å². The topological polar surface area (TPSA) is 89.3 Å². The van der Waals surface area contributed by atoms with Crippen LogP contribution in [-0.4, -0.2) is 14.3 Å². The summed E-state index contributed by atoms with van der Waals surface area (Å²) >= 11 is 0. The molecule has 0 atom stereocenters. The maximum Gasteiger partial charge on any atom is 0.251 e. The summed E-state index contributed by atoms with van der Waals surface area (Å²) in [5.74, 6) is -0.735. The van der Waals surface area contributed by atoms with E-state index in [-0.39, 0.29) is 16.6 Å². The molecule has 0 heterocycles. The van der Waals surface area contributed by atoms with Crippen molar-refractivity contribution in [2.75, 3.05) is 0 Å². The number of rotatable bonds is 4. The number of primary sulfonamides is 1. The van der Waals surface area contributed by atoms with E-state index in [1.807, 2.05) is 0 Å². The fourth-order valence-electron chi connectivity index (χ4n) is 2.52. The summed E-state index contributed by atoms with van der Waals surface area (Å²) in [5, 5.41) is 7.86. The number of nitrogens with two attached hydrogens (primary N) is 1. The van der Waals surface area contributed by atoms with Gasteiger partial charge in [-0.15, -0.1) is 0 Å². The highest BCUT2D eigenvalue weighted by Crippen LogP contribution is 2.46. The molecule has 0 radical (unpaired) electrons. The van der Waals surface area contributed by atoms with Crippen molar-refractivity contribution in [2.24, 2.45) is 5.14 Å². The van der Waals surface area contributed by atoms with Crippen LogP contribution in [0.5, 0.6) is 0 Å². The summed E-state index contributed by atoms with van der Waals surface area (Å²) in [6, 6.07) is 11.7. The van der Waals surface area contributed by atoms with Crippen molar-refractivity contribution in [2.45, 2.75) is 23.3 Å². The van der Waals surface area contributed by atoms with Gasteiger partial charge >= 0.3 is 0 Å². The average Bonchev–Trinajstić information content (AvgIpc) is 3.27. The lowest BCUT2D eigenvalue weighted by atomic mass is 10.0. The molecule has 0 spiro atoms. The molecule has 1 aliphatic rings. The van der Waals surface area contributed by atoms with Crippen LogP contribution in [0.15, 0.2) is 53.4 Å². The van der Waals surface area contributed by atoms with Gasteiger partial charge in [0.25, 0.3) is 5.91 Å². The predicted molar refractivity (Wildman–Crippen MR) is 82.6 cm³/mol. The summed E-state index contributed by atoms with van der Waals surface area (Å²) in [6.07, 6.45) is 1.32. The highest BCUT2D eigenvalue weighted by Gasteiger charge is 2.47. The molecule has 0 saturated heterocycles. The monoisotopic (exact) mass is 334 g/mol. The van der Waals surface area contributed by atoms with Crippen LogP contribution in [-0.2, 0) is 15.6 Å². The third-order valence-corrected chi connectivity index (χ3v) is 4.87. The Hall–Kier alpha value is -2.25. The molecule has 7 heteroatoms. The van der Waals surface area contributed by atoms with Crippen LogP contribution in [0.3, 0.4) is 0 Å². The van der Waals surface area contributed by atoms with Gasteiger partial charge in [-0.3, -0.25) is 4.79 Å². The predicted octanol–water partition coefficient (Wildman–Crippen LogP) is 1.89. The van der Waals surface area contributed by atoms with Crippen LogP contribution in [0.4, 0.5) is 4.39 Å². The van der Waals surface area contributed by atoms with Gasteiger partial charge in [0.1, 0.15) is 5.82 Å². The molecular formula is C16H15FN2O3S. The Morgan fingerprint density at radius 3 is 2.22 bits per heavy atom. The Balaban J connectivity index is 1.81. The van der Waals surface area contributed by atoms with E-state index in [0.717, 1.165) is 0 Å². The zero-order chi connectivity index (χ0) is 16.7. The van der Waals surface area contributed by atoms with E-state index in [9.17, 15) is 17.6 Å². The van der Waals surface area contributed by atoms with Crippen LogP contribution < -0.4 is 10.5 Å². The third-order valence-electron chi connectivity index (χ3n) is 3.94. The zero-order valence-electron chi connectivity index (χ0n) is 12.1. The number of amides is 1. The van der Waals surface area contributed by atoms with Crippen LogP contribution in [0.25, 0.3) is 0 Å². The molecule has 3 rings (SSSR count). The van der Waals surface area contributed by atoms with Gasteiger partial charge < -0.3 is 5.32 Å². The van der Waals surface area contributed by atoms with E-state index in [2.05, 4.69) is 5.32 Å². The largest absolute Gasteiger partial charge is 0.342 e. The summed E-state index contributed by atoms with van der Waals surface area (Å²) in [6.45, 7) is 0. The molecule has 0 unspecified atom stereocenters. The summed E-state index contributed by atoms with van der Waals surface area (Å²) < 4.78 is 36.4. The van der Waals surface area contributed by atoms with E-state index in [1.54, 1.807) is 18.2 Å². The number of nitrogens with one attached hydrogen (secondary N) is 1. The van der Waals surface area contributed by atoms with Crippen LogP contribution in [0.2, 0.25) is 0 Å². The van der Waals surface area contributed by atoms with Crippen molar-refractivity contribution in [3.63, 3.8) is 0 Å². The minimum atomic E-state index is -3.80. The Kier molecular flexibility index (Phi) is 3.69. The maximum absolute atomic E-state index is 13.9. The number of carbonyl (C=O) groups is 1. The molecule has 2 aromatic carbocycles. The molecular weight excluding hydrogens is 319 g/mol. The first kappa shape index (κ1) is 15.6.